The van der Waals surface area contributed by atoms with Crippen molar-refractivity contribution in [1.29, 1.82) is 0 Å². The molecular formula is C26H34N2O3. The molecule has 5 nitrogen and oxygen atoms in total. The molecule has 1 N–H and O–H groups in total. The van der Waals surface area contributed by atoms with Crippen molar-refractivity contribution in [2.75, 3.05) is 45.3 Å². The summed E-state index contributed by atoms with van der Waals surface area (Å²) in [5.41, 5.74) is 2.80. The molecule has 4 rings (SSSR count). The van der Waals surface area contributed by atoms with Crippen molar-refractivity contribution < 1.29 is 14.3 Å². The molecule has 1 saturated heterocycles. The molecule has 31 heavy (non-hydrogen) atoms. The molecule has 0 unspecified atom stereocenters. The molecule has 2 aromatic rings. The Labute approximate surface area is 185 Å². The van der Waals surface area contributed by atoms with Crippen LogP contribution in [0.2, 0.25) is 0 Å². The number of morpholine rings is 1. The fourth-order valence-electron chi connectivity index (χ4n) is 4.83. The maximum Gasteiger partial charge on any atom is 0.235 e. The maximum absolute atomic E-state index is 13.5. The average Bonchev–Trinajstić information content (AvgIpc) is 2.84. The van der Waals surface area contributed by atoms with Crippen LogP contribution in [0.4, 0.5) is 5.69 Å². The molecule has 5 heteroatoms. The summed E-state index contributed by atoms with van der Waals surface area (Å²) in [6.45, 7) is 4.75. The molecule has 1 aliphatic carbocycles. The first-order chi connectivity index (χ1) is 15.2. The number of rotatable bonds is 7. The lowest BCUT2D eigenvalue weighted by molar-refractivity contribution is -0.122. The Morgan fingerprint density at radius 2 is 1.68 bits per heavy atom. The van der Waals surface area contributed by atoms with Gasteiger partial charge in [-0.1, -0.05) is 43.5 Å². The highest BCUT2D eigenvalue weighted by molar-refractivity contribution is 5.99. The van der Waals surface area contributed by atoms with Gasteiger partial charge in [0.25, 0.3) is 0 Å². The first-order valence-electron chi connectivity index (χ1n) is 11.5. The summed E-state index contributed by atoms with van der Waals surface area (Å²) in [7, 11) is 1.67. The summed E-state index contributed by atoms with van der Waals surface area (Å²) < 4.78 is 10.7. The van der Waals surface area contributed by atoms with E-state index in [-0.39, 0.29) is 5.91 Å². The van der Waals surface area contributed by atoms with Crippen LogP contribution in [0.25, 0.3) is 0 Å². The highest BCUT2D eigenvalue weighted by atomic mass is 16.5. The lowest BCUT2D eigenvalue weighted by Gasteiger charge is -2.36. The largest absolute Gasteiger partial charge is 0.497 e. The van der Waals surface area contributed by atoms with E-state index < -0.39 is 5.41 Å². The summed E-state index contributed by atoms with van der Waals surface area (Å²) in [6.07, 6.45) is 6.17. The normalized spacial score (nSPS) is 19.0. The minimum absolute atomic E-state index is 0.110. The molecule has 1 saturated carbocycles. The fraction of sp³-hybridized carbons (Fsp3) is 0.500. The van der Waals surface area contributed by atoms with Crippen molar-refractivity contribution in [3.05, 3.63) is 59.7 Å². The highest BCUT2D eigenvalue weighted by Crippen LogP contribution is 2.41. The second kappa shape index (κ2) is 10.3. The van der Waals surface area contributed by atoms with E-state index >= 15 is 0 Å². The molecule has 2 aliphatic rings. The van der Waals surface area contributed by atoms with Crippen LogP contribution in [0, 0.1) is 0 Å². The molecule has 0 radical (unpaired) electrons. The van der Waals surface area contributed by atoms with Gasteiger partial charge in [-0.25, -0.2) is 0 Å². The van der Waals surface area contributed by atoms with E-state index in [1.54, 1.807) is 7.11 Å². The second-order valence-corrected chi connectivity index (χ2v) is 8.73. The van der Waals surface area contributed by atoms with Crippen LogP contribution in [-0.2, 0) is 21.4 Å². The van der Waals surface area contributed by atoms with Crippen molar-refractivity contribution in [2.45, 2.75) is 43.9 Å². The summed E-state index contributed by atoms with van der Waals surface area (Å²) in [5.74, 6) is 0.932. The third kappa shape index (κ3) is 5.28. The highest BCUT2D eigenvalue weighted by Gasteiger charge is 2.41. The van der Waals surface area contributed by atoms with E-state index in [9.17, 15) is 4.79 Å². The molecule has 0 bridgehead atoms. The number of amides is 1. The Kier molecular flexibility index (Phi) is 7.25. The zero-order valence-corrected chi connectivity index (χ0v) is 18.6. The summed E-state index contributed by atoms with van der Waals surface area (Å²) >= 11 is 0. The molecule has 1 amide bonds. The average molecular weight is 423 g/mol. The number of carbonyl (C=O) groups excluding carboxylic acids is 1. The van der Waals surface area contributed by atoms with E-state index in [2.05, 4.69) is 34.5 Å². The monoisotopic (exact) mass is 422 g/mol. The first kappa shape index (κ1) is 21.8. The van der Waals surface area contributed by atoms with Crippen molar-refractivity contribution >= 4 is 11.6 Å². The Hall–Kier alpha value is -2.37. The van der Waals surface area contributed by atoms with E-state index in [1.165, 1.54) is 12.0 Å². The van der Waals surface area contributed by atoms with Gasteiger partial charge in [0.1, 0.15) is 5.75 Å². The molecule has 0 atom stereocenters. The van der Waals surface area contributed by atoms with Gasteiger partial charge in [-0.05, 0) is 54.7 Å². The Morgan fingerprint density at radius 3 is 2.32 bits per heavy atom. The van der Waals surface area contributed by atoms with Crippen molar-refractivity contribution in [3.8, 4) is 5.75 Å². The Bertz CT molecular complexity index is 836. The third-order valence-electron chi connectivity index (χ3n) is 6.82. The van der Waals surface area contributed by atoms with E-state index in [1.807, 2.05) is 24.3 Å². The molecule has 1 heterocycles. The Balaban J connectivity index is 1.42. The SMILES string of the molecule is COc1ccc(C2(C(=O)Nc3ccc(CCN4CCOCC4)cc3)CCCCC2)cc1. The summed E-state index contributed by atoms with van der Waals surface area (Å²) in [5, 5.41) is 3.22. The van der Waals surface area contributed by atoms with E-state index in [0.717, 1.165) is 82.0 Å². The molecule has 2 aromatic carbocycles. The smallest absolute Gasteiger partial charge is 0.235 e. The standard InChI is InChI=1S/C26H34N2O3/c1-30-24-11-7-22(8-12-24)26(14-3-2-4-15-26)25(29)27-23-9-5-21(6-10-23)13-16-28-17-19-31-20-18-28/h5-12H,2-4,13-20H2,1H3,(H,27,29). The van der Waals surface area contributed by atoms with Crippen molar-refractivity contribution in [2.24, 2.45) is 0 Å². The van der Waals surface area contributed by atoms with Crippen molar-refractivity contribution in [3.63, 3.8) is 0 Å². The zero-order valence-electron chi connectivity index (χ0n) is 18.6. The number of hydrogen-bond acceptors (Lipinski definition) is 4. The van der Waals surface area contributed by atoms with Gasteiger partial charge < -0.3 is 14.8 Å². The van der Waals surface area contributed by atoms with Crippen LogP contribution in [0.1, 0.15) is 43.2 Å². The maximum atomic E-state index is 13.5. The first-order valence-corrected chi connectivity index (χ1v) is 11.5. The van der Waals surface area contributed by atoms with Gasteiger partial charge in [0.05, 0.1) is 25.7 Å². The molecule has 1 aliphatic heterocycles. The number of hydrogen-bond donors (Lipinski definition) is 1. The Morgan fingerprint density at radius 1 is 1.00 bits per heavy atom. The van der Waals surface area contributed by atoms with Crippen LogP contribution in [0.3, 0.4) is 0 Å². The summed E-state index contributed by atoms with van der Waals surface area (Å²) in [6, 6.07) is 16.4. The number of nitrogens with one attached hydrogen (secondary N) is 1. The third-order valence-corrected chi connectivity index (χ3v) is 6.82. The van der Waals surface area contributed by atoms with Gasteiger partial charge in [0.2, 0.25) is 5.91 Å². The van der Waals surface area contributed by atoms with Crippen LogP contribution in [-0.4, -0.2) is 50.8 Å². The van der Waals surface area contributed by atoms with E-state index in [0.29, 0.717) is 0 Å². The van der Waals surface area contributed by atoms with Gasteiger partial charge >= 0.3 is 0 Å². The predicted molar refractivity (Wildman–Crippen MR) is 124 cm³/mol. The molecule has 2 fully saturated rings. The van der Waals surface area contributed by atoms with Crippen molar-refractivity contribution in [1.82, 2.24) is 4.90 Å². The minimum Gasteiger partial charge on any atom is -0.497 e. The number of carbonyl (C=O) groups is 1. The number of ether oxygens (including phenoxy) is 2. The van der Waals surface area contributed by atoms with Crippen LogP contribution in [0.5, 0.6) is 5.75 Å². The topological polar surface area (TPSA) is 50.8 Å². The van der Waals surface area contributed by atoms with Gasteiger partial charge in [-0.2, -0.15) is 0 Å². The van der Waals surface area contributed by atoms with Gasteiger partial charge in [-0.15, -0.1) is 0 Å². The minimum atomic E-state index is -0.459. The molecular weight excluding hydrogens is 388 g/mol. The van der Waals surface area contributed by atoms with Gasteiger partial charge in [-0.3, -0.25) is 9.69 Å². The van der Waals surface area contributed by atoms with E-state index in [4.69, 9.17) is 9.47 Å². The lowest BCUT2D eigenvalue weighted by atomic mass is 9.68. The molecule has 166 valence electrons. The number of benzene rings is 2. The number of methoxy groups -OCH3 is 1. The lowest BCUT2D eigenvalue weighted by Crippen LogP contribution is -2.42. The predicted octanol–water partition coefficient (Wildman–Crippen LogP) is 4.41. The van der Waals surface area contributed by atoms with Crippen LogP contribution in [0.15, 0.2) is 48.5 Å². The zero-order chi connectivity index (χ0) is 21.5. The quantitative estimate of drug-likeness (QED) is 0.718. The number of nitrogens with zero attached hydrogens (tertiary/aromatic N) is 1. The van der Waals surface area contributed by atoms with Crippen LogP contribution < -0.4 is 10.1 Å². The summed E-state index contributed by atoms with van der Waals surface area (Å²) in [4.78, 5) is 15.9. The van der Waals surface area contributed by atoms with Gasteiger partial charge in [0.15, 0.2) is 0 Å². The molecule has 0 spiro atoms. The van der Waals surface area contributed by atoms with Crippen LogP contribution >= 0.6 is 0 Å². The number of anilines is 1. The van der Waals surface area contributed by atoms with Gasteiger partial charge in [0, 0.05) is 25.3 Å². The molecule has 0 aromatic heterocycles. The fourth-order valence-corrected chi connectivity index (χ4v) is 4.83. The second-order valence-electron chi connectivity index (χ2n) is 8.73.